The van der Waals surface area contributed by atoms with Gasteiger partial charge in [0.2, 0.25) is 16.9 Å². The Labute approximate surface area is 114 Å². The van der Waals surface area contributed by atoms with Crippen molar-refractivity contribution in [3.8, 4) is 11.6 Å². The lowest BCUT2D eigenvalue weighted by atomic mass is 10.2. The molecule has 0 aliphatic rings. The second kappa shape index (κ2) is 5.19. The van der Waals surface area contributed by atoms with Gasteiger partial charge in [0.15, 0.2) is 0 Å². The van der Waals surface area contributed by atoms with Crippen LogP contribution in [-0.4, -0.2) is 14.9 Å². The first-order chi connectivity index (χ1) is 8.95. The average molecular weight is 280 g/mol. The number of hydrogen-bond acceptors (Lipinski definition) is 5. The molecule has 2 rings (SSSR count). The van der Waals surface area contributed by atoms with E-state index in [2.05, 4.69) is 9.97 Å². The number of rotatable bonds is 3. The van der Waals surface area contributed by atoms with E-state index >= 15 is 0 Å². The Kier molecular flexibility index (Phi) is 3.62. The van der Waals surface area contributed by atoms with Crippen molar-refractivity contribution in [3.05, 3.63) is 50.9 Å². The fourth-order valence-corrected chi connectivity index (χ4v) is 1.74. The summed E-state index contributed by atoms with van der Waals surface area (Å²) in [5.74, 6) is 0.286. The van der Waals surface area contributed by atoms with Crippen LogP contribution < -0.4 is 4.74 Å². The quantitative estimate of drug-likeness (QED) is 0.488. The highest BCUT2D eigenvalue weighted by molar-refractivity contribution is 6.28. The van der Waals surface area contributed by atoms with Crippen molar-refractivity contribution in [1.29, 1.82) is 0 Å². The maximum absolute atomic E-state index is 11.0. The summed E-state index contributed by atoms with van der Waals surface area (Å²) in [5.41, 5.74) is 1.27. The first kappa shape index (κ1) is 13.2. The van der Waals surface area contributed by atoms with E-state index in [1.807, 2.05) is 0 Å². The van der Waals surface area contributed by atoms with Crippen LogP contribution in [0.2, 0.25) is 5.28 Å². The molecule has 0 N–H and O–H groups in total. The van der Waals surface area contributed by atoms with Crippen LogP contribution in [0.5, 0.6) is 11.6 Å². The van der Waals surface area contributed by atoms with Gasteiger partial charge in [0.05, 0.1) is 4.92 Å². The minimum absolute atomic E-state index is 0.0322. The van der Waals surface area contributed by atoms with Gasteiger partial charge in [-0.2, -0.15) is 4.98 Å². The maximum atomic E-state index is 11.0. The Hall–Kier alpha value is -2.21. The first-order valence-electron chi connectivity index (χ1n) is 5.40. The van der Waals surface area contributed by atoms with E-state index in [-0.39, 0.29) is 22.6 Å². The van der Waals surface area contributed by atoms with Crippen molar-refractivity contribution < 1.29 is 9.66 Å². The molecule has 19 heavy (non-hydrogen) atoms. The third kappa shape index (κ3) is 3.17. The van der Waals surface area contributed by atoms with Crippen LogP contribution in [0.3, 0.4) is 0 Å². The van der Waals surface area contributed by atoms with Crippen molar-refractivity contribution in [2.45, 2.75) is 13.8 Å². The van der Waals surface area contributed by atoms with Crippen molar-refractivity contribution in [3.63, 3.8) is 0 Å². The minimum Gasteiger partial charge on any atom is -0.432 e. The number of nitrogens with zero attached hydrogens (tertiary/aromatic N) is 3. The summed E-state index contributed by atoms with van der Waals surface area (Å²) in [6, 6.07) is 6.23. The van der Waals surface area contributed by atoms with Gasteiger partial charge in [0, 0.05) is 17.8 Å². The van der Waals surface area contributed by atoms with Gasteiger partial charge in [0.25, 0.3) is 0 Å². The third-order valence-electron chi connectivity index (χ3n) is 2.33. The number of ether oxygens (including phenoxy) is 1. The van der Waals surface area contributed by atoms with E-state index in [1.165, 1.54) is 12.1 Å². The zero-order valence-corrected chi connectivity index (χ0v) is 11.0. The molecule has 0 aliphatic heterocycles. The standard InChI is InChI=1S/C12H10ClN3O3/c1-7-3-4-10(9(5-7)16(17)18)19-11-6-8(2)14-12(13)15-11/h3-6H,1-2H3. The molecular weight excluding hydrogens is 270 g/mol. The summed E-state index contributed by atoms with van der Waals surface area (Å²) in [6.45, 7) is 3.49. The molecule has 0 unspecified atom stereocenters. The molecule has 0 saturated heterocycles. The molecular formula is C12H10ClN3O3. The molecule has 0 spiro atoms. The lowest BCUT2D eigenvalue weighted by molar-refractivity contribution is -0.385. The molecule has 0 aliphatic carbocycles. The summed E-state index contributed by atoms with van der Waals surface area (Å²) in [5, 5.41) is 11.0. The fourth-order valence-electron chi connectivity index (χ4n) is 1.53. The molecule has 0 fully saturated rings. The van der Waals surface area contributed by atoms with Gasteiger partial charge < -0.3 is 4.74 Å². The van der Waals surface area contributed by atoms with Crippen LogP contribution in [0.1, 0.15) is 11.3 Å². The Balaban J connectivity index is 2.40. The Bertz CT molecular complexity index is 626. The molecule has 1 aromatic carbocycles. The van der Waals surface area contributed by atoms with E-state index in [0.29, 0.717) is 5.69 Å². The molecule has 6 nitrogen and oxygen atoms in total. The normalized spacial score (nSPS) is 10.3. The topological polar surface area (TPSA) is 78.2 Å². The lowest BCUT2D eigenvalue weighted by Crippen LogP contribution is -1.97. The van der Waals surface area contributed by atoms with Crippen LogP contribution in [0.25, 0.3) is 0 Å². The molecule has 1 aromatic heterocycles. The second-order valence-corrected chi connectivity index (χ2v) is 4.29. The van der Waals surface area contributed by atoms with Crippen molar-refractivity contribution >= 4 is 17.3 Å². The van der Waals surface area contributed by atoms with Gasteiger partial charge in [-0.25, -0.2) is 4.98 Å². The number of nitro benzene ring substituents is 1. The van der Waals surface area contributed by atoms with Gasteiger partial charge in [-0.15, -0.1) is 0 Å². The molecule has 1 heterocycles. The number of halogens is 1. The van der Waals surface area contributed by atoms with Crippen LogP contribution in [-0.2, 0) is 0 Å². The number of aromatic nitrogens is 2. The first-order valence-corrected chi connectivity index (χ1v) is 5.77. The van der Waals surface area contributed by atoms with E-state index < -0.39 is 4.92 Å². The smallest absolute Gasteiger partial charge is 0.311 e. The Morgan fingerprint density at radius 1 is 1.26 bits per heavy atom. The highest BCUT2D eigenvalue weighted by Crippen LogP contribution is 2.31. The fraction of sp³-hybridized carbons (Fsp3) is 0.167. The van der Waals surface area contributed by atoms with Gasteiger partial charge in [-0.3, -0.25) is 10.1 Å². The third-order valence-corrected chi connectivity index (χ3v) is 2.50. The number of benzene rings is 1. The monoisotopic (exact) mass is 279 g/mol. The van der Waals surface area contributed by atoms with Gasteiger partial charge in [-0.05, 0) is 37.1 Å². The van der Waals surface area contributed by atoms with Gasteiger partial charge in [-0.1, -0.05) is 6.07 Å². The van der Waals surface area contributed by atoms with Crippen molar-refractivity contribution in [1.82, 2.24) is 9.97 Å². The molecule has 0 saturated carbocycles. The molecule has 2 aromatic rings. The van der Waals surface area contributed by atoms with Crippen LogP contribution in [0.15, 0.2) is 24.3 Å². The predicted molar refractivity (Wildman–Crippen MR) is 69.7 cm³/mol. The Morgan fingerprint density at radius 3 is 2.63 bits per heavy atom. The number of nitro groups is 1. The number of aryl methyl sites for hydroxylation is 2. The van der Waals surface area contributed by atoms with Crippen molar-refractivity contribution in [2.24, 2.45) is 0 Å². The molecule has 0 amide bonds. The Morgan fingerprint density at radius 2 is 2.00 bits per heavy atom. The van der Waals surface area contributed by atoms with Crippen molar-refractivity contribution in [2.75, 3.05) is 0 Å². The minimum atomic E-state index is -0.502. The summed E-state index contributed by atoms with van der Waals surface area (Å²) >= 11 is 5.71. The number of hydrogen-bond donors (Lipinski definition) is 0. The highest BCUT2D eigenvalue weighted by Gasteiger charge is 2.16. The SMILES string of the molecule is Cc1ccc(Oc2cc(C)nc(Cl)n2)c([N+](=O)[O-])c1. The van der Waals surface area contributed by atoms with E-state index in [9.17, 15) is 10.1 Å². The van der Waals surface area contributed by atoms with E-state index in [4.69, 9.17) is 16.3 Å². The second-order valence-electron chi connectivity index (χ2n) is 3.95. The summed E-state index contributed by atoms with van der Waals surface area (Å²) in [6.07, 6.45) is 0. The van der Waals surface area contributed by atoms with Crippen LogP contribution in [0, 0.1) is 24.0 Å². The molecule has 0 bridgehead atoms. The summed E-state index contributed by atoms with van der Waals surface area (Å²) < 4.78 is 5.41. The van der Waals surface area contributed by atoms with E-state index in [1.54, 1.807) is 26.0 Å². The molecule has 0 atom stereocenters. The highest BCUT2D eigenvalue weighted by atomic mass is 35.5. The van der Waals surface area contributed by atoms with Gasteiger partial charge in [0.1, 0.15) is 0 Å². The van der Waals surface area contributed by atoms with Crippen LogP contribution >= 0.6 is 11.6 Å². The summed E-state index contributed by atoms with van der Waals surface area (Å²) in [4.78, 5) is 18.2. The lowest BCUT2D eigenvalue weighted by Gasteiger charge is -2.06. The summed E-state index contributed by atoms with van der Waals surface area (Å²) in [7, 11) is 0. The zero-order valence-electron chi connectivity index (χ0n) is 10.3. The van der Waals surface area contributed by atoms with Crippen LogP contribution in [0.4, 0.5) is 5.69 Å². The predicted octanol–water partition coefficient (Wildman–Crippen LogP) is 3.45. The molecule has 0 radical (unpaired) electrons. The molecule has 7 heteroatoms. The van der Waals surface area contributed by atoms with Gasteiger partial charge >= 0.3 is 5.69 Å². The average Bonchev–Trinajstić information content (AvgIpc) is 2.30. The largest absolute Gasteiger partial charge is 0.432 e. The zero-order chi connectivity index (χ0) is 14.0. The maximum Gasteiger partial charge on any atom is 0.311 e. The molecule has 98 valence electrons. The van der Waals surface area contributed by atoms with E-state index in [0.717, 1.165) is 5.56 Å².